The molecule has 0 saturated carbocycles. The normalized spacial score (nSPS) is 10.7. The van der Waals surface area contributed by atoms with Crippen molar-refractivity contribution in [2.24, 2.45) is 0 Å². The van der Waals surface area contributed by atoms with E-state index in [0.717, 1.165) is 4.47 Å². The molecule has 0 aliphatic rings. The van der Waals surface area contributed by atoms with Crippen LogP contribution < -0.4 is 0 Å². The maximum atomic E-state index is 5.84. The SMILES string of the molecule is Clc1nc(Cl)c2cncc(Br)c2n1. The average Bonchev–Trinajstić information content (AvgIpc) is 2.07. The monoisotopic (exact) mass is 277 g/mol. The molecular formula is C7H2BrCl2N3. The van der Waals surface area contributed by atoms with E-state index in [9.17, 15) is 0 Å². The molecule has 0 aromatic carbocycles. The van der Waals surface area contributed by atoms with Gasteiger partial charge in [0.25, 0.3) is 0 Å². The molecule has 13 heavy (non-hydrogen) atoms. The molecule has 3 nitrogen and oxygen atoms in total. The molecule has 2 rings (SSSR count). The molecule has 0 atom stereocenters. The quantitative estimate of drug-likeness (QED) is 0.549. The predicted molar refractivity (Wildman–Crippen MR) is 55.1 cm³/mol. The molecule has 0 unspecified atom stereocenters. The highest BCUT2D eigenvalue weighted by atomic mass is 79.9. The number of nitrogens with zero attached hydrogens (tertiary/aromatic N) is 3. The van der Waals surface area contributed by atoms with Crippen molar-refractivity contribution in [3.05, 3.63) is 27.3 Å². The van der Waals surface area contributed by atoms with Crippen LogP contribution in [0.4, 0.5) is 0 Å². The second-order valence-electron chi connectivity index (χ2n) is 2.30. The molecule has 2 aromatic rings. The van der Waals surface area contributed by atoms with Gasteiger partial charge in [0.15, 0.2) is 0 Å². The van der Waals surface area contributed by atoms with Crippen LogP contribution in [0.15, 0.2) is 16.9 Å². The third-order valence-electron chi connectivity index (χ3n) is 1.49. The minimum absolute atomic E-state index is 0.129. The Hall–Kier alpha value is -0.450. The second kappa shape index (κ2) is 3.36. The van der Waals surface area contributed by atoms with Crippen LogP contribution in [0.3, 0.4) is 0 Å². The smallest absolute Gasteiger partial charge is 0.224 e. The van der Waals surface area contributed by atoms with Gasteiger partial charge >= 0.3 is 0 Å². The zero-order chi connectivity index (χ0) is 9.42. The number of hydrogen-bond acceptors (Lipinski definition) is 3. The molecule has 6 heteroatoms. The Morgan fingerprint density at radius 1 is 1.15 bits per heavy atom. The van der Waals surface area contributed by atoms with Gasteiger partial charge in [0, 0.05) is 12.4 Å². The molecule has 0 aliphatic carbocycles. The largest absolute Gasteiger partial charge is 0.263 e. The first kappa shape index (κ1) is 9.12. The fraction of sp³-hybridized carbons (Fsp3) is 0. The summed E-state index contributed by atoms with van der Waals surface area (Å²) in [6.45, 7) is 0. The molecule has 0 bridgehead atoms. The molecule has 2 heterocycles. The standard InChI is InChI=1S/C7H2BrCl2N3/c8-4-2-11-1-3-5(4)12-7(10)13-6(3)9/h1-2H. The Kier molecular flexibility index (Phi) is 2.36. The third-order valence-corrected chi connectivity index (χ3v) is 2.53. The Bertz CT molecular complexity index is 474. The predicted octanol–water partition coefficient (Wildman–Crippen LogP) is 3.09. The van der Waals surface area contributed by atoms with Crippen molar-refractivity contribution >= 4 is 50.0 Å². The van der Waals surface area contributed by atoms with Gasteiger partial charge in [-0.15, -0.1) is 0 Å². The molecule has 2 aromatic heterocycles. The summed E-state index contributed by atoms with van der Waals surface area (Å²) in [5.41, 5.74) is 0.667. The number of halogens is 3. The maximum absolute atomic E-state index is 5.84. The van der Waals surface area contributed by atoms with Crippen LogP contribution in [0.1, 0.15) is 0 Å². The van der Waals surface area contributed by atoms with Crippen LogP contribution in [0, 0.1) is 0 Å². The van der Waals surface area contributed by atoms with Crippen LogP contribution in [0.2, 0.25) is 10.4 Å². The van der Waals surface area contributed by atoms with E-state index in [1.165, 1.54) is 0 Å². The summed E-state index contributed by atoms with van der Waals surface area (Å²) in [7, 11) is 0. The summed E-state index contributed by atoms with van der Waals surface area (Å²) in [5, 5.41) is 1.12. The summed E-state index contributed by atoms with van der Waals surface area (Å²) >= 11 is 14.8. The van der Waals surface area contributed by atoms with Gasteiger partial charge in [-0.2, -0.15) is 0 Å². The van der Waals surface area contributed by atoms with Crippen molar-refractivity contribution in [2.45, 2.75) is 0 Å². The van der Waals surface area contributed by atoms with Gasteiger partial charge in [0.05, 0.1) is 15.4 Å². The molecule has 66 valence electrons. The summed E-state index contributed by atoms with van der Waals surface area (Å²) in [5.74, 6) is 0. The lowest BCUT2D eigenvalue weighted by molar-refractivity contribution is 1.20. The summed E-state index contributed by atoms with van der Waals surface area (Å²) in [6, 6.07) is 0. The highest BCUT2D eigenvalue weighted by Gasteiger charge is 2.07. The molecule has 0 radical (unpaired) electrons. The van der Waals surface area contributed by atoms with Crippen molar-refractivity contribution in [2.75, 3.05) is 0 Å². The van der Waals surface area contributed by atoms with E-state index in [1.54, 1.807) is 12.4 Å². The molecule has 0 amide bonds. The van der Waals surface area contributed by atoms with Crippen LogP contribution in [0.5, 0.6) is 0 Å². The van der Waals surface area contributed by atoms with E-state index in [1.807, 2.05) is 0 Å². The number of fused-ring (bicyclic) bond motifs is 1. The molecule has 0 saturated heterocycles. The number of rotatable bonds is 0. The minimum Gasteiger partial charge on any atom is -0.263 e. The van der Waals surface area contributed by atoms with Crippen molar-refractivity contribution < 1.29 is 0 Å². The highest BCUT2D eigenvalue weighted by molar-refractivity contribution is 9.10. The fourth-order valence-corrected chi connectivity index (χ4v) is 1.80. The van der Waals surface area contributed by atoms with Gasteiger partial charge in [0.1, 0.15) is 5.15 Å². The van der Waals surface area contributed by atoms with Crippen LogP contribution in [-0.4, -0.2) is 15.0 Å². The highest BCUT2D eigenvalue weighted by Crippen LogP contribution is 2.26. The van der Waals surface area contributed by atoms with Gasteiger partial charge < -0.3 is 0 Å². The third kappa shape index (κ3) is 1.61. The lowest BCUT2D eigenvalue weighted by Gasteiger charge is -2.00. The topological polar surface area (TPSA) is 38.7 Å². The van der Waals surface area contributed by atoms with Gasteiger partial charge in [-0.1, -0.05) is 11.6 Å². The molecular weight excluding hydrogens is 277 g/mol. The molecule has 0 fully saturated rings. The Balaban J connectivity index is 2.94. The van der Waals surface area contributed by atoms with E-state index in [4.69, 9.17) is 23.2 Å². The lowest BCUT2D eigenvalue weighted by atomic mass is 10.3. The summed E-state index contributed by atoms with van der Waals surface area (Å²) < 4.78 is 0.746. The van der Waals surface area contributed by atoms with Crippen molar-refractivity contribution in [1.29, 1.82) is 0 Å². The van der Waals surface area contributed by atoms with Crippen molar-refractivity contribution in [3.63, 3.8) is 0 Å². The summed E-state index contributed by atoms with van der Waals surface area (Å²) in [4.78, 5) is 11.8. The molecule has 0 aliphatic heterocycles. The van der Waals surface area contributed by atoms with Gasteiger partial charge in [-0.25, -0.2) is 9.97 Å². The Morgan fingerprint density at radius 3 is 2.69 bits per heavy atom. The van der Waals surface area contributed by atoms with E-state index >= 15 is 0 Å². The van der Waals surface area contributed by atoms with E-state index in [2.05, 4.69) is 30.9 Å². The van der Waals surface area contributed by atoms with Gasteiger partial charge in [-0.3, -0.25) is 4.98 Å². The molecule has 0 spiro atoms. The Labute approximate surface area is 92.2 Å². The average molecular weight is 279 g/mol. The number of pyridine rings is 1. The maximum Gasteiger partial charge on any atom is 0.224 e. The lowest BCUT2D eigenvalue weighted by Crippen LogP contribution is -1.88. The van der Waals surface area contributed by atoms with Crippen LogP contribution >= 0.6 is 39.1 Å². The van der Waals surface area contributed by atoms with Crippen LogP contribution in [0.25, 0.3) is 10.9 Å². The van der Waals surface area contributed by atoms with Crippen molar-refractivity contribution in [1.82, 2.24) is 15.0 Å². The van der Waals surface area contributed by atoms with E-state index in [-0.39, 0.29) is 5.28 Å². The zero-order valence-electron chi connectivity index (χ0n) is 6.13. The first-order valence-corrected chi connectivity index (χ1v) is 4.85. The van der Waals surface area contributed by atoms with E-state index < -0.39 is 0 Å². The number of aromatic nitrogens is 3. The zero-order valence-corrected chi connectivity index (χ0v) is 9.23. The van der Waals surface area contributed by atoms with Gasteiger partial charge in [0.2, 0.25) is 5.28 Å². The Morgan fingerprint density at radius 2 is 1.92 bits per heavy atom. The minimum atomic E-state index is 0.129. The fourth-order valence-electron chi connectivity index (χ4n) is 0.951. The van der Waals surface area contributed by atoms with Gasteiger partial charge in [-0.05, 0) is 27.5 Å². The first-order valence-electron chi connectivity index (χ1n) is 3.31. The van der Waals surface area contributed by atoms with Crippen LogP contribution in [-0.2, 0) is 0 Å². The molecule has 0 N–H and O–H groups in total. The van der Waals surface area contributed by atoms with E-state index in [0.29, 0.717) is 16.1 Å². The first-order chi connectivity index (χ1) is 6.18. The number of hydrogen-bond donors (Lipinski definition) is 0. The van der Waals surface area contributed by atoms with Crippen molar-refractivity contribution in [3.8, 4) is 0 Å². The summed E-state index contributed by atoms with van der Waals surface area (Å²) in [6.07, 6.45) is 3.22. The second-order valence-corrected chi connectivity index (χ2v) is 3.85.